The first-order valence-electron chi connectivity index (χ1n) is 7.41. The quantitative estimate of drug-likeness (QED) is 0.862. The second-order valence-corrected chi connectivity index (χ2v) is 5.41. The summed E-state index contributed by atoms with van der Waals surface area (Å²) in [7, 11) is 3.68. The number of hydrogen-bond acceptors (Lipinski definition) is 3. The van der Waals surface area contributed by atoms with Gasteiger partial charge in [0, 0.05) is 38.3 Å². The standard InChI is InChI=1S/C16H25N3O/c1-12(17-2)13-6-7-15-14(11-13)5-4-9-19(15)10-8-16(20)18-3/h6-7,11-12,17H,4-5,8-10H2,1-3H3,(H,18,20). The fraction of sp³-hybridized carbons (Fsp3) is 0.562. The van der Waals surface area contributed by atoms with Crippen LogP contribution < -0.4 is 15.5 Å². The molecule has 1 amide bonds. The Hall–Kier alpha value is -1.55. The van der Waals surface area contributed by atoms with Gasteiger partial charge >= 0.3 is 0 Å². The third kappa shape index (κ3) is 3.31. The Morgan fingerprint density at radius 2 is 2.20 bits per heavy atom. The zero-order chi connectivity index (χ0) is 14.5. The minimum atomic E-state index is 0.109. The highest BCUT2D eigenvalue weighted by molar-refractivity contribution is 5.76. The fourth-order valence-corrected chi connectivity index (χ4v) is 2.72. The summed E-state index contributed by atoms with van der Waals surface area (Å²) in [4.78, 5) is 13.7. The van der Waals surface area contributed by atoms with E-state index in [2.05, 4.69) is 40.7 Å². The molecule has 0 radical (unpaired) electrons. The number of hydrogen-bond donors (Lipinski definition) is 2. The molecule has 1 atom stereocenters. The van der Waals surface area contributed by atoms with Crippen LogP contribution in [0.5, 0.6) is 0 Å². The van der Waals surface area contributed by atoms with Crippen molar-refractivity contribution < 1.29 is 4.79 Å². The SMILES string of the molecule is CNC(=O)CCN1CCCc2cc(C(C)NC)ccc21. The molecule has 0 spiro atoms. The third-order valence-corrected chi connectivity index (χ3v) is 4.14. The van der Waals surface area contributed by atoms with Gasteiger partial charge in [-0.2, -0.15) is 0 Å². The number of aryl methyl sites for hydroxylation is 1. The molecule has 0 aliphatic carbocycles. The minimum Gasteiger partial charge on any atom is -0.371 e. The van der Waals surface area contributed by atoms with Gasteiger partial charge in [-0.25, -0.2) is 0 Å². The first-order chi connectivity index (χ1) is 9.65. The molecule has 1 aliphatic rings. The van der Waals surface area contributed by atoms with Crippen LogP contribution in [0.2, 0.25) is 0 Å². The second kappa shape index (κ2) is 6.75. The normalized spacial score (nSPS) is 15.7. The molecule has 2 N–H and O–H groups in total. The molecule has 0 saturated heterocycles. The number of anilines is 1. The molecule has 4 nitrogen and oxygen atoms in total. The number of carbonyl (C=O) groups excluding carboxylic acids is 1. The van der Waals surface area contributed by atoms with E-state index in [1.165, 1.54) is 16.8 Å². The van der Waals surface area contributed by atoms with E-state index in [1.54, 1.807) is 7.05 Å². The van der Waals surface area contributed by atoms with E-state index >= 15 is 0 Å². The Balaban J connectivity index is 2.13. The van der Waals surface area contributed by atoms with Crippen molar-refractivity contribution in [3.05, 3.63) is 29.3 Å². The lowest BCUT2D eigenvalue weighted by Crippen LogP contribution is -2.33. The Kier molecular flexibility index (Phi) is 5.01. The summed E-state index contributed by atoms with van der Waals surface area (Å²) in [6.07, 6.45) is 2.86. The predicted octanol–water partition coefficient (Wildman–Crippen LogP) is 1.86. The van der Waals surface area contributed by atoms with Crippen LogP contribution >= 0.6 is 0 Å². The van der Waals surface area contributed by atoms with E-state index in [1.807, 2.05) is 7.05 Å². The molecule has 1 aromatic carbocycles. The number of nitrogens with zero attached hydrogens (tertiary/aromatic N) is 1. The van der Waals surface area contributed by atoms with Gasteiger partial charge in [0.05, 0.1) is 0 Å². The zero-order valence-corrected chi connectivity index (χ0v) is 12.7. The van der Waals surface area contributed by atoms with Gasteiger partial charge in [0.2, 0.25) is 5.91 Å². The Labute approximate surface area is 121 Å². The van der Waals surface area contributed by atoms with Gasteiger partial charge < -0.3 is 15.5 Å². The van der Waals surface area contributed by atoms with Gasteiger partial charge in [-0.3, -0.25) is 4.79 Å². The van der Waals surface area contributed by atoms with Crippen LogP contribution in [0.1, 0.15) is 36.9 Å². The first-order valence-corrected chi connectivity index (χ1v) is 7.41. The highest BCUT2D eigenvalue weighted by Gasteiger charge is 2.18. The summed E-state index contributed by atoms with van der Waals surface area (Å²) in [5.41, 5.74) is 4.04. The Morgan fingerprint density at radius 1 is 1.40 bits per heavy atom. The van der Waals surface area contributed by atoms with Crippen LogP contribution in [0.15, 0.2) is 18.2 Å². The van der Waals surface area contributed by atoms with Gasteiger partial charge in [0.25, 0.3) is 0 Å². The van der Waals surface area contributed by atoms with Crippen molar-refractivity contribution in [2.75, 3.05) is 32.1 Å². The van der Waals surface area contributed by atoms with Crippen molar-refractivity contribution >= 4 is 11.6 Å². The molecule has 1 aromatic rings. The minimum absolute atomic E-state index is 0.109. The Bertz CT molecular complexity index is 473. The molecule has 1 aliphatic heterocycles. The van der Waals surface area contributed by atoms with E-state index in [0.717, 1.165) is 25.9 Å². The number of benzene rings is 1. The molecule has 2 rings (SSSR count). The highest BCUT2D eigenvalue weighted by atomic mass is 16.1. The van der Waals surface area contributed by atoms with Crippen molar-refractivity contribution in [2.24, 2.45) is 0 Å². The monoisotopic (exact) mass is 275 g/mol. The lowest BCUT2D eigenvalue weighted by Gasteiger charge is -2.32. The Morgan fingerprint density at radius 3 is 2.90 bits per heavy atom. The summed E-state index contributed by atoms with van der Waals surface area (Å²) < 4.78 is 0. The van der Waals surface area contributed by atoms with Crippen LogP contribution in [0.25, 0.3) is 0 Å². The molecule has 1 unspecified atom stereocenters. The molecule has 0 fully saturated rings. The van der Waals surface area contributed by atoms with Crippen molar-refractivity contribution in [3.8, 4) is 0 Å². The highest BCUT2D eigenvalue weighted by Crippen LogP contribution is 2.29. The maximum absolute atomic E-state index is 11.4. The molecule has 1 heterocycles. The van der Waals surface area contributed by atoms with E-state index in [0.29, 0.717) is 12.5 Å². The van der Waals surface area contributed by atoms with Crippen LogP contribution in [0.4, 0.5) is 5.69 Å². The smallest absolute Gasteiger partial charge is 0.221 e. The number of amides is 1. The van der Waals surface area contributed by atoms with Crippen LogP contribution in [0, 0.1) is 0 Å². The molecule has 0 saturated carbocycles. The van der Waals surface area contributed by atoms with Crippen LogP contribution in [0.3, 0.4) is 0 Å². The van der Waals surface area contributed by atoms with Crippen molar-refractivity contribution in [1.82, 2.24) is 10.6 Å². The van der Waals surface area contributed by atoms with Crippen molar-refractivity contribution in [2.45, 2.75) is 32.2 Å². The molecule has 110 valence electrons. The van der Waals surface area contributed by atoms with Gasteiger partial charge in [-0.15, -0.1) is 0 Å². The first kappa shape index (κ1) is 14.9. The van der Waals surface area contributed by atoms with Crippen LogP contribution in [-0.4, -0.2) is 33.1 Å². The molecular formula is C16H25N3O. The molecule has 4 heteroatoms. The van der Waals surface area contributed by atoms with E-state index in [4.69, 9.17) is 0 Å². The molecule has 20 heavy (non-hydrogen) atoms. The lowest BCUT2D eigenvalue weighted by molar-refractivity contribution is -0.120. The summed E-state index contributed by atoms with van der Waals surface area (Å²) in [5, 5.41) is 5.97. The third-order valence-electron chi connectivity index (χ3n) is 4.14. The average Bonchev–Trinajstić information content (AvgIpc) is 2.50. The summed E-state index contributed by atoms with van der Waals surface area (Å²) in [6, 6.07) is 7.09. The summed E-state index contributed by atoms with van der Waals surface area (Å²) >= 11 is 0. The van der Waals surface area contributed by atoms with E-state index in [9.17, 15) is 4.79 Å². The van der Waals surface area contributed by atoms with Gasteiger partial charge in [-0.1, -0.05) is 12.1 Å². The number of carbonyl (C=O) groups is 1. The van der Waals surface area contributed by atoms with Crippen molar-refractivity contribution in [3.63, 3.8) is 0 Å². The topological polar surface area (TPSA) is 44.4 Å². The summed E-state index contributed by atoms with van der Waals surface area (Å²) in [5.74, 6) is 0.109. The molecule has 0 bridgehead atoms. The maximum atomic E-state index is 11.4. The second-order valence-electron chi connectivity index (χ2n) is 5.41. The number of nitrogens with one attached hydrogen (secondary N) is 2. The van der Waals surface area contributed by atoms with E-state index < -0.39 is 0 Å². The fourth-order valence-electron chi connectivity index (χ4n) is 2.72. The van der Waals surface area contributed by atoms with Gasteiger partial charge in [0.15, 0.2) is 0 Å². The van der Waals surface area contributed by atoms with Crippen LogP contribution in [-0.2, 0) is 11.2 Å². The maximum Gasteiger partial charge on any atom is 0.221 e. The number of fused-ring (bicyclic) bond motifs is 1. The number of rotatable bonds is 5. The average molecular weight is 275 g/mol. The summed E-state index contributed by atoms with van der Waals surface area (Å²) in [6.45, 7) is 4.02. The van der Waals surface area contributed by atoms with Gasteiger partial charge in [-0.05, 0) is 44.0 Å². The molecule has 0 aromatic heterocycles. The lowest BCUT2D eigenvalue weighted by atomic mass is 9.96. The molecular weight excluding hydrogens is 250 g/mol. The predicted molar refractivity (Wildman–Crippen MR) is 83.1 cm³/mol. The largest absolute Gasteiger partial charge is 0.371 e. The zero-order valence-electron chi connectivity index (χ0n) is 12.7. The van der Waals surface area contributed by atoms with Gasteiger partial charge in [0.1, 0.15) is 0 Å². The van der Waals surface area contributed by atoms with Crippen molar-refractivity contribution in [1.29, 1.82) is 0 Å². The van der Waals surface area contributed by atoms with E-state index in [-0.39, 0.29) is 5.91 Å².